The van der Waals surface area contributed by atoms with Crippen molar-refractivity contribution in [3.8, 4) is 5.69 Å². The second-order valence-electron chi connectivity index (χ2n) is 7.49. The van der Waals surface area contributed by atoms with Crippen molar-refractivity contribution in [3.05, 3.63) is 92.4 Å². The number of halogens is 2. The lowest BCUT2D eigenvalue weighted by molar-refractivity contribution is -0.123. The van der Waals surface area contributed by atoms with E-state index in [2.05, 4.69) is 4.57 Å². The van der Waals surface area contributed by atoms with Gasteiger partial charge < -0.3 is 4.57 Å². The summed E-state index contributed by atoms with van der Waals surface area (Å²) in [6.45, 7) is 6.02. The molecule has 2 heterocycles. The average Bonchev–Trinajstić information content (AvgIpc) is 3.15. The number of rotatable bonds is 4. The van der Waals surface area contributed by atoms with Crippen molar-refractivity contribution in [1.82, 2.24) is 9.47 Å². The highest BCUT2D eigenvalue weighted by molar-refractivity contribution is 8.18. The lowest BCUT2D eigenvalue weighted by Gasteiger charge is -2.12. The van der Waals surface area contributed by atoms with E-state index in [4.69, 9.17) is 11.6 Å². The highest BCUT2D eigenvalue weighted by Crippen LogP contribution is 2.35. The van der Waals surface area contributed by atoms with Gasteiger partial charge in [0.2, 0.25) is 0 Å². The van der Waals surface area contributed by atoms with Crippen LogP contribution in [0.15, 0.2) is 53.4 Å². The van der Waals surface area contributed by atoms with Crippen molar-refractivity contribution in [1.29, 1.82) is 0 Å². The van der Waals surface area contributed by atoms with Crippen LogP contribution in [-0.2, 0) is 11.3 Å². The Balaban J connectivity index is 1.63. The molecule has 158 valence electrons. The Kier molecular flexibility index (Phi) is 5.77. The normalized spacial score (nSPS) is 15.4. The van der Waals surface area contributed by atoms with Crippen molar-refractivity contribution < 1.29 is 14.0 Å². The minimum atomic E-state index is -0.358. The lowest BCUT2D eigenvalue weighted by Crippen LogP contribution is -2.27. The molecule has 31 heavy (non-hydrogen) atoms. The maximum Gasteiger partial charge on any atom is 0.293 e. The second kappa shape index (κ2) is 8.36. The lowest BCUT2D eigenvalue weighted by atomic mass is 10.2. The molecular weight excluding hydrogens is 435 g/mol. The summed E-state index contributed by atoms with van der Waals surface area (Å²) in [5, 5.41) is 0.355. The summed E-state index contributed by atoms with van der Waals surface area (Å²) >= 11 is 7.22. The van der Waals surface area contributed by atoms with Crippen LogP contribution < -0.4 is 0 Å². The molecule has 0 unspecified atom stereocenters. The molecule has 1 saturated heterocycles. The monoisotopic (exact) mass is 454 g/mol. The number of aryl methyl sites for hydroxylation is 2. The Hall–Kier alpha value is -2.83. The molecule has 4 nitrogen and oxygen atoms in total. The molecule has 0 saturated carbocycles. The van der Waals surface area contributed by atoms with Crippen LogP contribution in [-0.4, -0.2) is 20.6 Å². The Morgan fingerprint density at radius 2 is 1.74 bits per heavy atom. The fraction of sp³-hybridized carbons (Fsp3) is 0.167. The molecule has 0 bridgehead atoms. The summed E-state index contributed by atoms with van der Waals surface area (Å²) in [6.07, 6.45) is 1.75. The number of thioether (sulfide) groups is 1. The Morgan fingerprint density at radius 3 is 2.42 bits per heavy atom. The van der Waals surface area contributed by atoms with Crippen LogP contribution in [0.25, 0.3) is 11.8 Å². The summed E-state index contributed by atoms with van der Waals surface area (Å²) in [5.74, 6) is -0.703. The minimum absolute atomic E-state index is 0.114. The highest BCUT2D eigenvalue weighted by atomic mass is 35.5. The van der Waals surface area contributed by atoms with Crippen LogP contribution >= 0.6 is 23.4 Å². The molecule has 0 radical (unpaired) electrons. The maximum absolute atomic E-state index is 13.1. The quantitative estimate of drug-likeness (QED) is 0.426. The Labute approximate surface area is 189 Å². The van der Waals surface area contributed by atoms with Crippen LogP contribution in [0.4, 0.5) is 9.18 Å². The molecule has 7 heteroatoms. The molecule has 1 aliphatic rings. The molecule has 2 amide bonds. The molecule has 0 aliphatic carbocycles. The van der Waals surface area contributed by atoms with Crippen LogP contribution in [0.2, 0.25) is 5.02 Å². The molecule has 0 spiro atoms. The fourth-order valence-corrected chi connectivity index (χ4v) is 4.61. The van der Waals surface area contributed by atoms with E-state index in [9.17, 15) is 14.0 Å². The summed E-state index contributed by atoms with van der Waals surface area (Å²) in [7, 11) is 0. The predicted molar refractivity (Wildman–Crippen MR) is 123 cm³/mol. The van der Waals surface area contributed by atoms with Gasteiger partial charge in [0.15, 0.2) is 0 Å². The van der Waals surface area contributed by atoms with Gasteiger partial charge in [-0.15, -0.1) is 0 Å². The number of carbonyl (C=O) groups excluding carboxylic acids is 2. The second-order valence-corrected chi connectivity index (χ2v) is 8.89. The average molecular weight is 455 g/mol. The standard InChI is InChI=1S/C24H20ClFN2O2S/c1-14-4-9-20(12-21(14)25)28-15(2)10-18(16(28)3)11-22-23(29)27(24(30)31-22)13-17-5-7-19(26)8-6-17/h4-12H,13H2,1-3H3/b22-11-. The van der Waals surface area contributed by atoms with Crippen LogP contribution in [0.1, 0.15) is 28.1 Å². The number of imide groups is 1. The number of carbonyl (C=O) groups is 2. The van der Waals surface area contributed by atoms with Gasteiger partial charge in [-0.2, -0.15) is 0 Å². The highest BCUT2D eigenvalue weighted by Gasteiger charge is 2.35. The van der Waals surface area contributed by atoms with Crippen LogP contribution in [0.3, 0.4) is 0 Å². The number of aromatic nitrogens is 1. The third-order valence-electron chi connectivity index (χ3n) is 5.30. The first-order valence-corrected chi connectivity index (χ1v) is 10.9. The number of benzene rings is 2. The third kappa shape index (κ3) is 4.18. The van der Waals surface area contributed by atoms with Gasteiger partial charge in [0, 0.05) is 22.1 Å². The molecule has 0 N–H and O–H groups in total. The zero-order chi connectivity index (χ0) is 22.3. The first kappa shape index (κ1) is 21.4. The van der Waals surface area contributed by atoms with Gasteiger partial charge in [-0.1, -0.05) is 29.8 Å². The van der Waals surface area contributed by atoms with E-state index in [1.807, 2.05) is 45.0 Å². The van der Waals surface area contributed by atoms with E-state index >= 15 is 0 Å². The SMILES string of the molecule is Cc1ccc(-n2c(C)cc(/C=C3\SC(=O)N(Cc4ccc(F)cc4)C3=O)c2C)cc1Cl. The molecule has 2 aromatic carbocycles. The van der Waals surface area contributed by atoms with Gasteiger partial charge in [0.25, 0.3) is 11.1 Å². The Bertz CT molecular complexity index is 1230. The van der Waals surface area contributed by atoms with Crippen molar-refractivity contribution in [3.63, 3.8) is 0 Å². The predicted octanol–water partition coefficient (Wildman–Crippen LogP) is 6.43. The van der Waals surface area contributed by atoms with Gasteiger partial charge in [0.05, 0.1) is 11.4 Å². The fourth-order valence-electron chi connectivity index (χ4n) is 3.60. The zero-order valence-corrected chi connectivity index (χ0v) is 18.9. The van der Waals surface area contributed by atoms with Crippen molar-refractivity contribution >= 4 is 40.6 Å². The first-order valence-electron chi connectivity index (χ1n) is 9.70. The molecule has 1 aromatic heterocycles. The van der Waals surface area contributed by atoms with Gasteiger partial charge in [0.1, 0.15) is 5.82 Å². The number of amides is 2. The largest absolute Gasteiger partial charge is 0.318 e. The van der Waals surface area contributed by atoms with Crippen molar-refractivity contribution in [2.75, 3.05) is 0 Å². The van der Waals surface area contributed by atoms with E-state index in [1.165, 1.54) is 17.0 Å². The molecule has 0 atom stereocenters. The first-order chi connectivity index (χ1) is 14.7. The van der Waals surface area contributed by atoms with Gasteiger partial charge in [-0.25, -0.2) is 4.39 Å². The third-order valence-corrected chi connectivity index (χ3v) is 6.61. The van der Waals surface area contributed by atoms with Crippen LogP contribution in [0.5, 0.6) is 0 Å². The number of hydrogen-bond donors (Lipinski definition) is 0. The summed E-state index contributed by atoms with van der Waals surface area (Å²) in [5.41, 5.74) is 5.44. The maximum atomic E-state index is 13.1. The minimum Gasteiger partial charge on any atom is -0.318 e. The smallest absolute Gasteiger partial charge is 0.293 e. The van der Waals surface area contributed by atoms with Crippen LogP contribution in [0, 0.1) is 26.6 Å². The molecule has 3 aromatic rings. The van der Waals surface area contributed by atoms with Crippen molar-refractivity contribution in [2.45, 2.75) is 27.3 Å². The van der Waals surface area contributed by atoms with E-state index in [1.54, 1.807) is 18.2 Å². The van der Waals surface area contributed by atoms with E-state index in [0.29, 0.717) is 15.5 Å². The van der Waals surface area contributed by atoms with E-state index < -0.39 is 0 Å². The number of hydrogen-bond acceptors (Lipinski definition) is 3. The molecular formula is C24H20ClFN2O2S. The summed E-state index contributed by atoms with van der Waals surface area (Å²) < 4.78 is 15.2. The van der Waals surface area contributed by atoms with Gasteiger partial charge >= 0.3 is 0 Å². The number of nitrogens with zero attached hydrogens (tertiary/aromatic N) is 2. The Morgan fingerprint density at radius 1 is 1.03 bits per heavy atom. The van der Waals surface area contributed by atoms with E-state index in [0.717, 1.165) is 40.0 Å². The van der Waals surface area contributed by atoms with Gasteiger partial charge in [-0.05, 0) is 85.6 Å². The summed E-state index contributed by atoms with van der Waals surface area (Å²) in [6, 6.07) is 13.6. The van der Waals surface area contributed by atoms with E-state index in [-0.39, 0.29) is 23.5 Å². The topological polar surface area (TPSA) is 42.3 Å². The van der Waals surface area contributed by atoms with Crippen molar-refractivity contribution in [2.24, 2.45) is 0 Å². The zero-order valence-electron chi connectivity index (χ0n) is 17.3. The summed E-state index contributed by atoms with van der Waals surface area (Å²) in [4.78, 5) is 26.9. The molecule has 1 aliphatic heterocycles. The van der Waals surface area contributed by atoms with Gasteiger partial charge in [-0.3, -0.25) is 14.5 Å². The molecule has 1 fully saturated rings. The molecule has 4 rings (SSSR count).